The second-order valence-electron chi connectivity index (χ2n) is 9.35. The molecule has 0 aliphatic carbocycles. The smallest absolute Gasteiger partial charge is 0.251 e. The van der Waals surface area contributed by atoms with Crippen LogP contribution in [0.3, 0.4) is 0 Å². The summed E-state index contributed by atoms with van der Waals surface area (Å²) in [7, 11) is 1.54. The molecule has 1 aliphatic rings. The van der Waals surface area contributed by atoms with E-state index in [0.29, 0.717) is 35.3 Å². The SMILES string of the molecule is COc1ccc2cc1OCCn1nc(-c3ccccc3)nc1[C@@H](C)NC(=O)CN(c1nccc(N)n1)CCNC2=O. The van der Waals surface area contributed by atoms with Gasteiger partial charge in [0.1, 0.15) is 18.2 Å². The van der Waals surface area contributed by atoms with Gasteiger partial charge in [-0.3, -0.25) is 9.59 Å². The number of nitrogens with one attached hydrogen (secondary N) is 2. The van der Waals surface area contributed by atoms with E-state index < -0.39 is 6.04 Å². The van der Waals surface area contributed by atoms with Gasteiger partial charge < -0.3 is 30.7 Å². The molecule has 1 aliphatic heterocycles. The minimum atomic E-state index is -0.482. The van der Waals surface area contributed by atoms with Crippen LogP contribution in [-0.4, -0.2) is 69.9 Å². The van der Waals surface area contributed by atoms with E-state index in [4.69, 9.17) is 25.3 Å². The maximum absolute atomic E-state index is 13.2. The number of nitrogen functional groups attached to an aromatic ring is 1. The molecule has 0 radical (unpaired) electrons. The molecule has 0 spiro atoms. The van der Waals surface area contributed by atoms with Crippen LogP contribution in [0.25, 0.3) is 11.4 Å². The van der Waals surface area contributed by atoms with E-state index in [1.165, 1.54) is 13.3 Å². The van der Waals surface area contributed by atoms with Crippen LogP contribution in [0, 0.1) is 0 Å². The summed E-state index contributed by atoms with van der Waals surface area (Å²) in [4.78, 5) is 41.1. The fourth-order valence-electron chi connectivity index (χ4n) is 4.42. The fraction of sp³-hybridized carbons (Fsp3) is 0.286. The third-order valence-corrected chi connectivity index (χ3v) is 6.43. The Morgan fingerprint density at radius 3 is 2.66 bits per heavy atom. The molecule has 2 aromatic heterocycles. The van der Waals surface area contributed by atoms with Crippen LogP contribution in [0.1, 0.15) is 29.1 Å². The van der Waals surface area contributed by atoms with Crippen LogP contribution in [0.15, 0.2) is 60.8 Å². The number of anilines is 2. The standard InChI is InChI=1S/C28H31N9O4/c1-18-26-34-25(19-6-4-3-5-7-19)35-37(26)14-15-41-22-16-20(8-9-21(22)40-2)27(39)30-12-13-36(17-24(38)32-18)28-31-11-10-23(29)33-28/h3-11,16,18H,12-15,17H2,1-2H3,(H,30,39)(H,32,38)(H2,29,31,33)/t18-/m1/s1. The van der Waals surface area contributed by atoms with E-state index in [1.807, 2.05) is 37.3 Å². The van der Waals surface area contributed by atoms with Gasteiger partial charge in [0, 0.05) is 30.4 Å². The first kappa shape index (κ1) is 27.4. The van der Waals surface area contributed by atoms with Crippen LogP contribution in [0.2, 0.25) is 0 Å². The average Bonchev–Trinajstić information content (AvgIpc) is 3.41. The lowest BCUT2D eigenvalue weighted by Crippen LogP contribution is -2.43. The number of amides is 2. The summed E-state index contributed by atoms with van der Waals surface area (Å²) in [5, 5.41) is 10.6. The first-order valence-electron chi connectivity index (χ1n) is 13.1. The Balaban J connectivity index is 1.49. The van der Waals surface area contributed by atoms with E-state index in [0.717, 1.165) is 5.56 Å². The summed E-state index contributed by atoms with van der Waals surface area (Å²) >= 11 is 0. The summed E-state index contributed by atoms with van der Waals surface area (Å²) in [5.41, 5.74) is 7.12. The van der Waals surface area contributed by atoms with Crippen LogP contribution < -0.4 is 30.7 Å². The number of hydrogen-bond donors (Lipinski definition) is 3. The first-order chi connectivity index (χ1) is 19.9. The second-order valence-corrected chi connectivity index (χ2v) is 9.35. The van der Waals surface area contributed by atoms with Crippen molar-refractivity contribution in [1.29, 1.82) is 0 Å². The largest absolute Gasteiger partial charge is 0.493 e. The first-order valence-corrected chi connectivity index (χ1v) is 13.1. The van der Waals surface area contributed by atoms with Crippen molar-refractivity contribution in [1.82, 2.24) is 35.4 Å². The summed E-state index contributed by atoms with van der Waals surface area (Å²) in [6, 6.07) is 15.7. The van der Waals surface area contributed by atoms with E-state index in [9.17, 15) is 9.59 Å². The van der Waals surface area contributed by atoms with Gasteiger partial charge in [0.2, 0.25) is 11.9 Å². The van der Waals surface area contributed by atoms with Crippen LogP contribution in [-0.2, 0) is 11.3 Å². The quantitative estimate of drug-likeness (QED) is 0.339. The van der Waals surface area contributed by atoms with Crippen molar-refractivity contribution in [3.63, 3.8) is 0 Å². The monoisotopic (exact) mass is 557 g/mol. The Kier molecular flexibility index (Phi) is 8.23. The number of ether oxygens (including phenoxy) is 2. The molecule has 1 atom stereocenters. The molecule has 2 amide bonds. The van der Waals surface area contributed by atoms with Crippen molar-refractivity contribution in [3.8, 4) is 22.9 Å². The molecule has 13 heteroatoms. The molecule has 3 heterocycles. The van der Waals surface area contributed by atoms with Crippen molar-refractivity contribution in [2.75, 3.05) is 44.0 Å². The molecule has 2 bridgehead atoms. The van der Waals surface area contributed by atoms with Gasteiger partial charge in [-0.15, -0.1) is 0 Å². The van der Waals surface area contributed by atoms with E-state index >= 15 is 0 Å². The highest BCUT2D eigenvalue weighted by atomic mass is 16.5. The average molecular weight is 558 g/mol. The predicted molar refractivity (Wildman–Crippen MR) is 151 cm³/mol. The lowest BCUT2D eigenvalue weighted by molar-refractivity contribution is -0.120. The van der Waals surface area contributed by atoms with E-state index in [1.54, 1.807) is 33.8 Å². The second kappa shape index (κ2) is 12.3. The fourth-order valence-corrected chi connectivity index (χ4v) is 4.42. The van der Waals surface area contributed by atoms with Crippen molar-refractivity contribution < 1.29 is 19.1 Å². The van der Waals surface area contributed by atoms with Crippen LogP contribution in [0.4, 0.5) is 11.8 Å². The third-order valence-electron chi connectivity index (χ3n) is 6.43. The number of nitrogens with zero attached hydrogens (tertiary/aromatic N) is 6. The van der Waals surface area contributed by atoms with Crippen LogP contribution in [0.5, 0.6) is 11.5 Å². The molecule has 0 saturated heterocycles. The van der Waals surface area contributed by atoms with Crippen molar-refractivity contribution in [2.24, 2.45) is 0 Å². The van der Waals surface area contributed by atoms with Crippen LogP contribution >= 0.6 is 0 Å². The minimum absolute atomic E-state index is 0.0703. The molecular weight excluding hydrogens is 526 g/mol. The highest BCUT2D eigenvalue weighted by molar-refractivity contribution is 5.95. The number of carbonyl (C=O) groups excluding carboxylic acids is 2. The maximum atomic E-state index is 13.2. The number of hydrogen-bond acceptors (Lipinski definition) is 10. The van der Waals surface area contributed by atoms with Gasteiger partial charge in [-0.25, -0.2) is 14.6 Å². The summed E-state index contributed by atoms with van der Waals surface area (Å²) < 4.78 is 13.2. The molecule has 4 aromatic rings. The number of carbonyl (C=O) groups is 2. The summed E-state index contributed by atoms with van der Waals surface area (Å²) in [5.74, 6) is 1.95. The zero-order chi connectivity index (χ0) is 28.8. The van der Waals surface area contributed by atoms with Gasteiger partial charge >= 0.3 is 0 Å². The lowest BCUT2D eigenvalue weighted by Gasteiger charge is -2.23. The minimum Gasteiger partial charge on any atom is -0.493 e. The Labute approximate surface area is 236 Å². The number of nitrogens with two attached hydrogens (primary N) is 1. The maximum Gasteiger partial charge on any atom is 0.251 e. The Bertz CT molecular complexity index is 1530. The summed E-state index contributed by atoms with van der Waals surface area (Å²) in [6.07, 6.45) is 1.52. The van der Waals surface area contributed by atoms with Gasteiger partial charge in [-0.2, -0.15) is 10.1 Å². The molecule has 212 valence electrons. The van der Waals surface area contributed by atoms with Gasteiger partial charge in [0.25, 0.3) is 5.91 Å². The lowest BCUT2D eigenvalue weighted by atomic mass is 10.2. The normalized spacial score (nSPS) is 16.5. The number of rotatable bonds is 3. The zero-order valence-electron chi connectivity index (χ0n) is 22.8. The molecule has 5 rings (SSSR count). The molecule has 0 saturated carbocycles. The topological polar surface area (TPSA) is 162 Å². The molecule has 0 fully saturated rings. The Morgan fingerprint density at radius 2 is 1.88 bits per heavy atom. The molecule has 2 aromatic carbocycles. The molecule has 41 heavy (non-hydrogen) atoms. The zero-order valence-corrected chi connectivity index (χ0v) is 22.8. The number of benzene rings is 2. The highest BCUT2D eigenvalue weighted by Gasteiger charge is 2.22. The van der Waals surface area contributed by atoms with Gasteiger partial charge in [-0.05, 0) is 31.2 Å². The predicted octanol–water partition coefficient (Wildman–Crippen LogP) is 1.83. The van der Waals surface area contributed by atoms with Gasteiger partial charge in [-0.1, -0.05) is 30.3 Å². The number of fused-ring (bicyclic) bond motifs is 3. The number of methoxy groups -OCH3 is 1. The van der Waals surface area contributed by atoms with Crippen molar-refractivity contribution >= 4 is 23.6 Å². The van der Waals surface area contributed by atoms with E-state index in [-0.39, 0.29) is 49.8 Å². The summed E-state index contributed by atoms with van der Waals surface area (Å²) in [6.45, 7) is 2.79. The molecular formula is C28H31N9O4. The third kappa shape index (κ3) is 6.52. The van der Waals surface area contributed by atoms with Crippen molar-refractivity contribution in [2.45, 2.75) is 19.5 Å². The highest BCUT2D eigenvalue weighted by Crippen LogP contribution is 2.28. The number of aromatic nitrogens is 5. The molecule has 0 unspecified atom stereocenters. The van der Waals surface area contributed by atoms with E-state index in [2.05, 4.69) is 20.6 Å². The Hall–Kier alpha value is -5.20. The van der Waals surface area contributed by atoms with Gasteiger partial charge in [0.15, 0.2) is 17.3 Å². The molecule has 13 nitrogen and oxygen atoms in total. The Morgan fingerprint density at radius 1 is 1.05 bits per heavy atom. The van der Waals surface area contributed by atoms with Crippen molar-refractivity contribution in [3.05, 3.63) is 72.2 Å². The molecule has 4 N–H and O–H groups in total. The van der Waals surface area contributed by atoms with Gasteiger partial charge in [0.05, 0.1) is 26.2 Å².